The van der Waals surface area contributed by atoms with Gasteiger partial charge in [0, 0.05) is 44.2 Å². The van der Waals surface area contributed by atoms with Gasteiger partial charge >= 0.3 is 0 Å². The van der Waals surface area contributed by atoms with Crippen LogP contribution in [0.4, 0.5) is 0 Å². The lowest BCUT2D eigenvalue weighted by Crippen LogP contribution is -2.76. The summed E-state index contributed by atoms with van der Waals surface area (Å²) in [6.07, 6.45) is 6.20. The molecule has 0 bridgehead atoms. The number of hydrogen-bond acceptors (Lipinski definition) is 9. The van der Waals surface area contributed by atoms with Gasteiger partial charge in [-0.15, -0.1) is 11.3 Å². The molecule has 0 aliphatic carbocycles. The van der Waals surface area contributed by atoms with Crippen molar-refractivity contribution >= 4 is 35.1 Å². The van der Waals surface area contributed by atoms with Crippen molar-refractivity contribution in [1.82, 2.24) is 24.7 Å². The molecule has 0 spiro atoms. The van der Waals surface area contributed by atoms with Crippen LogP contribution in [0.2, 0.25) is 0 Å². The first kappa shape index (κ1) is 36.0. The molecule has 12 heteroatoms. The first-order valence-electron chi connectivity index (χ1n) is 16.6. The molecule has 3 saturated heterocycles. The molecule has 4 heterocycles. The van der Waals surface area contributed by atoms with Crippen LogP contribution < -0.4 is 0 Å². The Balaban J connectivity index is 1.57. The van der Waals surface area contributed by atoms with Gasteiger partial charge in [0.2, 0.25) is 5.91 Å². The fraction of sp³-hybridized carbons (Fsp3) is 0.706. The van der Waals surface area contributed by atoms with Gasteiger partial charge in [-0.05, 0) is 68.4 Å². The number of amides is 3. The molecule has 3 aliphatic rings. The van der Waals surface area contributed by atoms with Crippen LogP contribution >= 0.6 is 11.3 Å². The van der Waals surface area contributed by atoms with E-state index in [-0.39, 0.29) is 48.9 Å². The Morgan fingerprint density at radius 1 is 1.11 bits per heavy atom. The smallest absolute Gasteiger partial charge is 0.272 e. The molecular formula is C34H51N5O6S. The SMILES string of the molecule is CC(C)C[C@H]1ON(C(=O)/C=C/c2nc(C#CCCCCO)cs2)[C@H]2CN(C3CN(CCCCO)C3)C(=O)[C@H](CC(C)(C)C)N2C1=O. The molecule has 0 unspecified atom stereocenters. The fourth-order valence-electron chi connectivity index (χ4n) is 6.13. The van der Waals surface area contributed by atoms with Crippen molar-refractivity contribution in [3.05, 3.63) is 22.2 Å². The van der Waals surface area contributed by atoms with Crippen LogP contribution in [-0.4, -0.2) is 116 Å². The van der Waals surface area contributed by atoms with Gasteiger partial charge < -0.3 is 20.0 Å². The lowest BCUT2D eigenvalue weighted by Gasteiger charge is -2.57. The van der Waals surface area contributed by atoms with Crippen molar-refractivity contribution in [2.45, 2.75) is 104 Å². The third-order valence-corrected chi connectivity index (χ3v) is 9.22. The number of aliphatic hydroxyl groups excluding tert-OH is 2. The van der Waals surface area contributed by atoms with E-state index in [9.17, 15) is 14.4 Å². The average molecular weight is 658 g/mol. The number of nitrogens with zero attached hydrogens (tertiary/aromatic N) is 5. The molecule has 0 radical (unpaired) electrons. The van der Waals surface area contributed by atoms with Crippen molar-refractivity contribution in [2.24, 2.45) is 11.3 Å². The molecule has 1 aromatic rings. The Morgan fingerprint density at radius 2 is 1.83 bits per heavy atom. The maximum absolute atomic E-state index is 14.1. The highest BCUT2D eigenvalue weighted by molar-refractivity contribution is 7.10. The lowest BCUT2D eigenvalue weighted by atomic mass is 9.84. The van der Waals surface area contributed by atoms with Crippen LogP contribution in [0.3, 0.4) is 0 Å². The van der Waals surface area contributed by atoms with Gasteiger partial charge in [0.15, 0.2) is 12.3 Å². The van der Waals surface area contributed by atoms with E-state index in [0.29, 0.717) is 30.0 Å². The van der Waals surface area contributed by atoms with Crippen LogP contribution in [-0.2, 0) is 19.2 Å². The molecule has 3 aliphatic heterocycles. The average Bonchev–Trinajstić information content (AvgIpc) is 3.42. The van der Waals surface area contributed by atoms with E-state index in [1.807, 2.05) is 24.1 Å². The molecule has 4 rings (SSSR count). The number of carbonyl (C=O) groups excluding carboxylic acids is 3. The number of likely N-dealkylation sites (tertiary alicyclic amines) is 1. The molecule has 3 fully saturated rings. The number of rotatable bonds is 13. The zero-order valence-electron chi connectivity index (χ0n) is 28.0. The monoisotopic (exact) mass is 657 g/mol. The minimum atomic E-state index is -0.867. The summed E-state index contributed by atoms with van der Waals surface area (Å²) in [6, 6.07) is -0.717. The van der Waals surface area contributed by atoms with Gasteiger partial charge in [-0.1, -0.05) is 40.5 Å². The summed E-state index contributed by atoms with van der Waals surface area (Å²) in [6.45, 7) is 13.0. The molecular weight excluding hydrogens is 606 g/mol. The van der Waals surface area contributed by atoms with Gasteiger partial charge in [-0.25, -0.2) is 4.98 Å². The number of unbranched alkanes of at least 4 members (excludes halogenated alkanes) is 3. The normalized spacial score (nSPS) is 22.8. The van der Waals surface area contributed by atoms with Crippen molar-refractivity contribution in [3.8, 4) is 11.8 Å². The molecule has 254 valence electrons. The van der Waals surface area contributed by atoms with E-state index < -0.39 is 24.2 Å². The minimum Gasteiger partial charge on any atom is -0.396 e. The van der Waals surface area contributed by atoms with Crippen molar-refractivity contribution in [1.29, 1.82) is 0 Å². The Bertz CT molecular complexity index is 1290. The second-order valence-corrected chi connectivity index (χ2v) is 15.0. The summed E-state index contributed by atoms with van der Waals surface area (Å²) in [5, 5.41) is 21.8. The van der Waals surface area contributed by atoms with Crippen LogP contribution in [0.25, 0.3) is 6.08 Å². The van der Waals surface area contributed by atoms with E-state index in [2.05, 4.69) is 42.5 Å². The predicted octanol–water partition coefficient (Wildman–Crippen LogP) is 3.12. The fourth-order valence-corrected chi connectivity index (χ4v) is 6.77. The second kappa shape index (κ2) is 16.3. The highest BCUT2D eigenvalue weighted by Crippen LogP contribution is 2.36. The van der Waals surface area contributed by atoms with E-state index in [4.69, 9.17) is 15.1 Å². The third-order valence-electron chi connectivity index (χ3n) is 8.41. The second-order valence-electron chi connectivity index (χ2n) is 14.1. The van der Waals surface area contributed by atoms with Gasteiger partial charge in [0.25, 0.3) is 11.8 Å². The third kappa shape index (κ3) is 9.38. The number of thiazole rings is 1. The number of fused-ring (bicyclic) bond motifs is 1. The van der Waals surface area contributed by atoms with E-state index >= 15 is 0 Å². The number of hydroxylamine groups is 2. The number of hydrogen-bond donors (Lipinski definition) is 2. The summed E-state index contributed by atoms with van der Waals surface area (Å²) >= 11 is 1.38. The van der Waals surface area contributed by atoms with Gasteiger partial charge in [-0.3, -0.25) is 24.1 Å². The standard InChI is InChI=1S/C34H51N5O6S/c1-24(2)18-28-33(44)38-27(19-34(3,4)5)32(43)37(26-20-36(21-26)15-9-11-17-41)22-30(38)39(45-28)31(42)14-13-29-35-25(23-46-29)12-8-6-7-10-16-40/h13-14,23-24,26-28,30,40-41H,6-7,9-11,15-22H2,1-5H3/b14-13+/t27-,28+,30-/m0/s1. The molecule has 3 amide bonds. The van der Waals surface area contributed by atoms with Gasteiger partial charge in [0.05, 0.1) is 12.6 Å². The Hall–Kier alpha value is -2.82. The number of piperazine rings is 1. The first-order valence-corrected chi connectivity index (χ1v) is 17.5. The summed E-state index contributed by atoms with van der Waals surface area (Å²) < 4.78 is 0. The maximum Gasteiger partial charge on any atom is 0.272 e. The Kier molecular flexibility index (Phi) is 12.8. The van der Waals surface area contributed by atoms with Gasteiger partial charge in [-0.2, -0.15) is 5.06 Å². The Morgan fingerprint density at radius 3 is 2.50 bits per heavy atom. The number of aromatic nitrogens is 1. The van der Waals surface area contributed by atoms with Crippen LogP contribution in [0.1, 0.15) is 90.3 Å². The topological polar surface area (TPSA) is 127 Å². The van der Waals surface area contributed by atoms with Crippen molar-refractivity contribution in [3.63, 3.8) is 0 Å². The highest BCUT2D eigenvalue weighted by Gasteiger charge is 2.55. The van der Waals surface area contributed by atoms with Crippen LogP contribution in [0, 0.1) is 23.2 Å². The molecule has 0 saturated carbocycles. The van der Waals surface area contributed by atoms with Gasteiger partial charge in [0.1, 0.15) is 16.7 Å². The largest absolute Gasteiger partial charge is 0.396 e. The summed E-state index contributed by atoms with van der Waals surface area (Å²) in [4.78, 5) is 58.5. The summed E-state index contributed by atoms with van der Waals surface area (Å²) in [5.41, 5.74) is 0.385. The number of aliphatic hydroxyl groups is 2. The van der Waals surface area contributed by atoms with E-state index in [1.54, 1.807) is 11.0 Å². The number of carbonyl (C=O) groups is 3. The van der Waals surface area contributed by atoms with Crippen molar-refractivity contribution < 1.29 is 29.4 Å². The Labute approximate surface area is 277 Å². The maximum atomic E-state index is 14.1. The summed E-state index contributed by atoms with van der Waals surface area (Å²) in [7, 11) is 0. The first-order chi connectivity index (χ1) is 21.9. The lowest BCUT2D eigenvalue weighted by molar-refractivity contribution is -0.276. The van der Waals surface area contributed by atoms with Crippen molar-refractivity contribution in [2.75, 3.05) is 39.4 Å². The molecule has 1 aromatic heterocycles. The highest BCUT2D eigenvalue weighted by atomic mass is 32.1. The quantitative estimate of drug-likeness (QED) is 0.188. The molecule has 3 atom stereocenters. The predicted molar refractivity (Wildman–Crippen MR) is 177 cm³/mol. The zero-order chi connectivity index (χ0) is 33.4. The van der Waals surface area contributed by atoms with E-state index in [1.165, 1.54) is 22.5 Å². The minimum absolute atomic E-state index is 0.0132. The molecule has 2 N–H and O–H groups in total. The zero-order valence-corrected chi connectivity index (χ0v) is 28.8. The molecule has 0 aromatic carbocycles. The summed E-state index contributed by atoms with van der Waals surface area (Å²) in [5.74, 6) is 5.51. The molecule has 46 heavy (non-hydrogen) atoms. The van der Waals surface area contributed by atoms with Crippen LogP contribution in [0.15, 0.2) is 11.5 Å². The van der Waals surface area contributed by atoms with E-state index in [0.717, 1.165) is 45.3 Å². The van der Waals surface area contributed by atoms with Crippen LogP contribution in [0.5, 0.6) is 0 Å². The molecule has 11 nitrogen and oxygen atoms in total.